The molecule has 9 heteroatoms. The number of hydrogen-bond donors (Lipinski definition) is 2. The minimum atomic E-state index is -4.50. The first-order valence-electron chi connectivity index (χ1n) is 10.7. The van der Waals surface area contributed by atoms with Gasteiger partial charge in [-0.25, -0.2) is 4.79 Å². The van der Waals surface area contributed by atoms with Crippen molar-refractivity contribution in [1.82, 2.24) is 9.88 Å². The maximum Gasteiger partial charge on any atom is 0.418 e. The quantitative estimate of drug-likeness (QED) is 0.350. The van der Waals surface area contributed by atoms with Gasteiger partial charge in [0.25, 0.3) is 0 Å². The van der Waals surface area contributed by atoms with Crippen molar-refractivity contribution in [2.75, 3.05) is 0 Å². The summed E-state index contributed by atoms with van der Waals surface area (Å²) >= 11 is 0. The molecule has 0 saturated heterocycles. The average molecular weight is 482 g/mol. The fraction of sp³-hybridized carbons (Fsp3) is 0.154. The van der Waals surface area contributed by atoms with E-state index in [1.807, 2.05) is 30.3 Å². The van der Waals surface area contributed by atoms with E-state index in [0.29, 0.717) is 10.9 Å². The van der Waals surface area contributed by atoms with Crippen molar-refractivity contribution in [3.05, 3.63) is 107 Å². The highest BCUT2D eigenvalue weighted by molar-refractivity contribution is 5.95. The summed E-state index contributed by atoms with van der Waals surface area (Å²) in [4.78, 5) is 24.9. The molecule has 0 bridgehead atoms. The molecule has 0 aliphatic carbocycles. The van der Waals surface area contributed by atoms with E-state index < -0.39 is 29.8 Å². The van der Waals surface area contributed by atoms with Crippen LogP contribution in [0, 0.1) is 0 Å². The molecule has 35 heavy (non-hydrogen) atoms. The Morgan fingerprint density at radius 2 is 1.63 bits per heavy atom. The molecule has 1 unspecified atom stereocenters. The number of aromatic nitrogens is 1. The van der Waals surface area contributed by atoms with Crippen LogP contribution in [0.25, 0.3) is 10.9 Å². The molecule has 6 nitrogen and oxygen atoms in total. The fourth-order valence-corrected chi connectivity index (χ4v) is 3.78. The van der Waals surface area contributed by atoms with Gasteiger partial charge in [-0.2, -0.15) is 13.2 Å². The third-order valence-corrected chi connectivity index (χ3v) is 5.47. The lowest BCUT2D eigenvalue weighted by Gasteiger charge is -2.15. The number of carbonyl (C=O) groups excluding carboxylic acids is 1. The van der Waals surface area contributed by atoms with Crippen LogP contribution < -0.4 is 5.32 Å². The van der Waals surface area contributed by atoms with E-state index >= 15 is 0 Å². The van der Waals surface area contributed by atoms with Crippen molar-refractivity contribution in [2.24, 2.45) is 0 Å². The van der Waals surface area contributed by atoms with Crippen molar-refractivity contribution in [2.45, 2.75) is 25.4 Å². The Bertz CT molecular complexity index is 1350. The van der Waals surface area contributed by atoms with Crippen molar-refractivity contribution in [3.8, 4) is 0 Å². The molecule has 2 N–H and O–H groups in total. The van der Waals surface area contributed by atoms with Crippen molar-refractivity contribution in [3.63, 3.8) is 0 Å². The van der Waals surface area contributed by atoms with E-state index in [9.17, 15) is 27.9 Å². The molecule has 0 radical (unpaired) electrons. The highest BCUT2D eigenvalue weighted by atomic mass is 19.4. The monoisotopic (exact) mass is 482 g/mol. The zero-order valence-corrected chi connectivity index (χ0v) is 18.3. The normalized spacial score (nSPS) is 12.4. The first-order chi connectivity index (χ1) is 16.7. The molecule has 4 rings (SSSR count). The van der Waals surface area contributed by atoms with Gasteiger partial charge in [0, 0.05) is 23.7 Å². The van der Waals surface area contributed by atoms with E-state index in [0.717, 1.165) is 17.7 Å². The number of ether oxygens (including phenoxy) is 1. The molecular formula is C26H21F3N2O4. The van der Waals surface area contributed by atoms with E-state index in [-0.39, 0.29) is 24.3 Å². The number of rotatable bonds is 7. The van der Waals surface area contributed by atoms with Crippen LogP contribution in [0.5, 0.6) is 0 Å². The number of carbonyl (C=O) groups is 2. The number of aliphatic carboxylic acids is 1. The summed E-state index contributed by atoms with van der Waals surface area (Å²) in [6.07, 6.45) is -3.80. The van der Waals surface area contributed by atoms with Crippen molar-refractivity contribution < 1.29 is 32.6 Å². The van der Waals surface area contributed by atoms with Gasteiger partial charge in [-0.3, -0.25) is 14.7 Å². The lowest BCUT2D eigenvalue weighted by atomic mass is 10.0. The molecule has 3 aromatic carbocycles. The Morgan fingerprint density at radius 3 is 2.34 bits per heavy atom. The lowest BCUT2D eigenvalue weighted by Crippen LogP contribution is -2.28. The van der Waals surface area contributed by atoms with Crippen LogP contribution in [0.4, 0.5) is 18.0 Å². The third kappa shape index (κ3) is 5.52. The summed E-state index contributed by atoms with van der Waals surface area (Å²) in [7, 11) is 0. The molecule has 0 spiro atoms. The van der Waals surface area contributed by atoms with E-state index in [1.54, 1.807) is 24.3 Å². The Hall–Kier alpha value is -4.11. The van der Waals surface area contributed by atoms with Gasteiger partial charge in [-0.15, -0.1) is 0 Å². The summed E-state index contributed by atoms with van der Waals surface area (Å²) < 4.78 is 45.7. The van der Waals surface area contributed by atoms with Crippen molar-refractivity contribution >= 4 is 23.0 Å². The standard InChI is InChI=1S/C26H21F3N2O4/c27-26(28,29)19-10-6-9-18(13-19)14-30-23(24(32)33)21-15-31(22-12-5-4-11-20(21)22)25(34)35-16-17-7-2-1-3-8-17/h1-13,15,23,30H,14,16H2,(H,32,33). The second kappa shape index (κ2) is 10.0. The van der Waals surface area contributed by atoms with E-state index in [1.165, 1.54) is 22.9 Å². The van der Waals surface area contributed by atoms with Gasteiger partial charge in [0.2, 0.25) is 0 Å². The molecule has 0 aliphatic heterocycles. The molecule has 0 amide bonds. The molecule has 0 aliphatic rings. The summed E-state index contributed by atoms with van der Waals surface area (Å²) in [5.74, 6) is -1.24. The number of carboxylic acid groups (broad SMARTS) is 1. The van der Waals surface area contributed by atoms with Crippen LogP contribution in [0.15, 0.2) is 85.1 Å². The molecule has 1 aromatic heterocycles. The summed E-state index contributed by atoms with van der Waals surface area (Å²) in [5.41, 5.74) is 0.992. The number of hydrogen-bond acceptors (Lipinski definition) is 4. The number of fused-ring (bicyclic) bond motifs is 1. The van der Waals surface area contributed by atoms with Crippen LogP contribution in [0.2, 0.25) is 0 Å². The zero-order valence-electron chi connectivity index (χ0n) is 18.3. The SMILES string of the molecule is O=C(O)C(NCc1cccc(C(F)(F)F)c1)c1cn(C(=O)OCc2ccccc2)c2ccccc12. The minimum Gasteiger partial charge on any atom is -0.480 e. The summed E-state index contributed by atoms with van der Waals surface area (Å²) in [6, 6.07) is 19.2. The first-order valence-corrected chi connectivity index (χ1v) is 10.7. The second-order valence-corrected chi connectivity index (χ2v) is 7.86. The Morgan fingerprint density at radius 1 is 0.943 bits per heavy atom. The van der Waals surface area contributed by atoms with Crippen molar-refractivity contribution in [1.29, 1.82) is 0 Å². The summed E-state index contributed by atoms with van der Waals surface area (Å²) in [6.45, 7) is -0.0868. The van der Waals surface area contributed by atoms with Crippen LogP contribution in [0.1, 0.15) is 28.3 Å². The van der Waals surface area contributed by atoms with Crippen LogP contribution in [-0.2, 0) is 28.9 Å². The number of benzene rings is 3. The van der Waals surface area contributed by atoms with Crippen LogP contribution in [0.3, 0.4) is 0 Å². The Kier molecular flexibility index (Phi) is 6.88. The number of nitrogens with one attached hydrogen (secondary N) is 1. The first kappa shape index (κ1) is 24.0. The maximum absolute atomic E-state index is 13.0. The fourth-order valence-electron chi connectivity index (χ4n) is 3.78. The molecular weight excluding hydrogens is 461 g/mol. The number of alkyl halides is 3. The smallest absolute Gasteiger partial charge is 0.418 e. The van der Waals surface area contributed by atoms with Crippen LogP contribution >= 0.6 is 0 Å². The van der Waals surface area contributed by atoms with Gasteiger partial charge in [0.15, 0.2) is 0 Å². The predicted molar refractivity (Wildman–Crippen MR) is 123 cm³/mol. The van der Waals surface area contributed by atoms with Gasteiger partial charge in [0.05, 0.1) is 11.1 Å². The highest BCUT2D eigenvalue weighted by Crippen LogP contribution is 2.30. The highest BCUT2D eigenvalue weighted by Gasteiger charge is 2.31. The van der Waals surface area contributed by atoms with Gasteiger partial charge in [0.1, 0.15) is 12.6 Å². The number of carboxylic acids is 1. The largest absolute Gasteiger partial charge is 0.480 e. The van der Waals surface area contributed by atoms with Gasteiger partial charge in [-0.05, 0) is 23.3 Å². The Balaban J connectivity index is 1.59. The number of nitrogens with zero attached hydrogens (tertiary/aromatic N) is 1. The second-order valence-electron chi connectivity index (χ2n) is 7.86. The Labute approximate surface area is 198 Å². The molecule has 0 saturated carbocycles. The molecule has 180 valence electrons. The van der Waals surface area contributed by atoms with Crippen LogP contribution in [-0.4, -0.2) is 21.7 Å². The summed E-state index contributed by atoms with van der Waals surface area (Å²) in [5, 5.41) is 13.2. The third-order valence-electron chi connectivity index (χ3n) is 5.47. The molecule has 1 atom stereocenters. The van der Waals surface area contributed by atoms with E-state index in [2.05, 4.69) is 5.32 Å². The van der Waals surface area contributed by atoms with Gasteiger partial charge < -0.3 is 9.84 Å². The molecule has 0 fully saturated rings. The number of para-hydroxylation sites is 1. The van der Waals surface area contributed by atoms with Gasteiger partial charge >= 0.3 is 18.2 Å². The topological polar surface area (TPSA) is 80.6 Å². The lowest BCUT2D eigenvalue weighted by molar-refractivity contribution is -0.140. The average Bonchev–Trinajstić information content (AvgIpc) is 3.22. The minimum absolute atomic E-state index is 0.0394. The maximum atomic E-state index is 13.0. The predicted octanol–water partition coefficient (Wildman–Crippen LogP) is 5.76. The van der Waals surface area contributed by atoms with E-state index in [4.69, 9.17) is 4.74 Å². The van der Waals surface area contributed by atoms with Gasteiger partial charge in [-0.1, -0.05) is 66.7 Å². The zero-order chi connectivity index (χ0) is 25.0. The molecule has 4 aromatic rings. The number of halogens is 3. The molecule has 1 heterocycles.